The average molecular weight is 366 g/mol. The lowest BCUT2D eigenvalue weighted by molar-refractivity contribution is -0.133. The van der Waals surface area contributed by atoms with Gasteiger partial charge in [-0.15, -0.1) is 0 Å². The molecule has 5 nitrogen and oxygen atoms in total. The molecular formula is C19H28ClN3O2. The van der Waals surface area contributed by atoms with Crippen LogP contribution in [0.25, 0.3) is 0 Å². The van der Waals surface area contributed by atoms with Crippen molar-refractivity contribution in [2.45, 2.75) is 39.7 Å². The molecule has 2 rings (SSSR count). The maximum absolute atomic E-state index is 13.0. The first-order chi connectivity index (χ1) is 11.7. The van der Waals surface area contributed by atoms with Crippen LogP contribution in [-0.4, -0.2) is 42.4 Å². The van der Waals surface area contributed by atoms with Crippen LogP contribution < -0.4 is 11.1 Å². The molecule has 1 aromatic rings. The van der Waals surface area contributed by atoms with Crippen LogP contribution in [-0.2, 0) is 4.79 Å². The van der Waals surface area contributed by atoms with Gasteiger partial charge in [-0.3, -0.25) is 9.59 Å². The van der Waals surface area contributed by atoms with E-state index in [-0.39, 0.29) is 17.2 Å². The molecule has 2 amide bonds. The standard InChI is InChI=1S/C19H28ClN3O2/c1-13(2)10-16(18(25)23-9-8-19(3,11-21)12-23)22-17(24)14-4-6-15(20)7-5-14/h4-7,13,16H,8-12,21H2,1-3H3,(H,22,24). The van der Waals surface area contributed by atoms with Gasteiger partial charge in [0.15, 0.2) is 0 Å². The molecule has 0 aromatic heterocycles. The molecule has 0 spiro atoms. The van der Waals surface area contributed by atoms with Crippen LogP contribution in [0, 0.1) is 11.3 Å². The quantitative estimate of drug-likeness (QED) is 0.813. The Bertz CT molecular complexity index is 618. The van der Waals surface area contributed by atoms with Crippen molar-refractivity contribution < 1.29 is 9.59 Å². The summed E-state index contributed by atoms with van der Waals surface area (Å²) in [5.74, 6) is 0.0209. The normalized spacial score (nSPS) is 21.4. The third-order valence-electron chi connectivity index (χ3n) is 4.78. The molecule has 138 valence electrons. The SMILES string of the molecule is CC(C)CC(NC(=O)c1ccc(Cl)cc1)C(=O)N1CCC(C)(CN)C1. The predicted molar refractivity (Wildman–Crippen MR) is 101 cm³/mol. The van der Waals surface area contributed by atoms with Gasteiger partial charge in [0.25, 0.3) is 5.91 Å². The number of hydrogen-bond donors (Lipinski definition) is 2. The lowest BCUT2D eigenvalue weighted by atomic mass is 9.90. The first-order valence-corrected chi connectivity index (χ1v) is 9.17. The third-order valence-corrected chi connectivity index (χ3v) is 5.03. The molecule has 3 N–H and O–H groups in total. The average Bonchev–Trinajstić information content (AvgIpc) is 2.97. The first-order valence-electron chi connectivity index (χ1n) is 8.79. The topological polar surface area (TPSA) is 75.4 Å². The van der Waals surface area contributed by atoms with Gasteiger partial charge in [-0.2, -0.15) is 0 Å². The van der Waals surface area contributed by atoms with Crippen molar-refractivity contribution in [2.75, 3.05) is 19.6 Å². The molecule has 0 bridgehead atoms. The molecule has 0 aliphatic carbocycles. The molecule has 1 heterocycles. The fourth-order valence-corrected chi connectivity index (χ4v) is 3.26. The Balaban J connectivity index is 2.09. The van der Waals surface area contributed by atoms with Crippen LogP contribution in [0.3, 0.4) is 0 Å². The lowest BCUT2D eigenvalue weighted by Gasteiger charge is -2.27. The highest BCUT2D eigenvalue weighted by molar-refractivity contribution is 6.30. The van der Waals surface area contributed by atoms with Gasteiger partial charge in [-0.25, -0.2) is 0 Å². The molecule has 0 radical (unpaired) electrons. The van der Waals surface area contributed by atoms with Crippen LogP contribution in [0.4, 0.5) is 0 Å². The Kier molecular flexibility index (Phi) is 6.47. The second-order valence-electron chi connectivity index (χ2n) is 7.69. The number of nitrogens with two attached hydrogens (primary N) is 1. The van der Waals surface area contributed by atoms with Gasteiger partial charge in [0.2, 0.25) is 5.91 Å². The van der Waals surface area contributed by atoms with E-state index < -0.39 is 6.04 Å². The fourth-order valence-electron chi connectivity index (χ4n) is 3.13. The molecule has 25 heavy (non-hydrogen) atoms. The van der Waals surface area contributed by atoms with Crippen molar-refractivity contribution >= 4 is 23.4 Å². The largest absolute Gasteiger partial charge is 0.340 e. The van der Waals surface area contributed by atoms with Crippen molar-refractivity contribution in [1.29, 1.82) is 0 Å². The minimum Gasteiger partial charge on any atom is -0.340 e. The Hall–Kier alpha value is -1.59. The second kappa shape index (κ2) is 8.19. The summed E-state index contributed by atoms with van der Waals surface area (Å²) in [6.45, 7) is 8.09. The zero-order valence-electron chi connectivity index (χ0n) is 15.2. The summed E-state index contributed by atoms with van der Waals surface area (Å²) in [5, 5.41) is 3.48. The molecule has 0 saturated carbocycles. The number of nitrogens with zero attached hydrogens (tertiary/aromatic N) is 1. The highest BCUT2D eigenvalue weighted by Crippen LogP contribution is 2.29. The highest BCUT2D eigenvalue weighted by atomic mass is 35.5. The van der Waals surface area contributed by atoms with Gasteiger partial charge in [0.1, 0.15) is 6.04 Å². The van der Waals surface area contributed by atoms with Gasteiger partial charge in [-0.1, -0.05) is 32.4 Å². The maximum Gasteiger partial charge on any atom is 0.251 e. The number of benzene rings is 1. The minimum atomic E-state index is -0.525. The number of halogens is 1. The Morgan fingerprint density at radius 3 is 2.48 bits per heavy atom. The Morgan fingerprint density at radius 2 is 1.96 bits per heavy atom. The van der Waals surface area contributed by atoms with Crippen LogP contribution in [0.1, 0.15) is 44.0 Å². The monoisotopic (exact) mass is 365 g/mol. The number of amides is 2. The lowest BCUT2D eigenvalue weighted by Crippen LogP contribution is -2.49. The molecule has 1 aliphatic heterocycles. The summed E-state index contributed by atoms with van der Waals surface area (Å²) >= 11 is 5.87. The molecule has 2 unspecified atom stereocenters. The van der Waals surface area contributed by atoms with Crippen molar-refractivity contribution in [1.82, 2.24) is 10.2 Å². The van der Waals surface area contributed by atoms with Crippen LogP contribution in [0.5, 0.6) is 0 Å². The number of likely N-dealkylation sites (tertiary alicyclic amines) is 1. The number of rotatable bonds is 6. The summed E-state index contributed by atoms with van der Waals surface area (Å²) in [5.41, 5.74) is 6.31. The molecule has 1 fully saturated rings. The van der Waals surface area contributed by atoms with E-state index in [1.807, 2.05) is 18.7 Å². The minimum absolute atomic E-state index is 0.0202. The smallest absolute Gasteiger partial charge is 0.251 e. The molecule has 2 atom stereocenters. The van der Waals surface area contributed by atoms with Crippen LogP contribution >= 0.6 is 11.6 Å². The molecule has 1 aromatic carbocycles. The second-order valence-corrected chi connectivity index (χ2v) is 8.12. The molecule has 1 saturated heterocycles. The van der Waals surface area contributed by atoms with Crippen molar-refractivity contribution in [3.8, 4) is 0 Å². The summed E-state index contributed by atoms with van der Waals surface area (Å²) in [6, 6.07) is 6.14. The van der Waals surface area contributed by atoms with E-state index >= 15 is 0 Å². The Morgan fingerprint density at radius 1 is 1.32 bits per heavy atom. The first kappa shape index (κ1) is 19.7. The van der Waals surface area contributed by atoms with Gasteiger partial charge >= 0.3 is 0 Å². The number of carbonyl (C=O) groups is 2. The maximum atomic E-state index is 13.0. The number of hydrogen-bond acceptors (Lipinski definition) is 3. The van der Waals surface area contributed by atoms with E-state index in [1.54, 1.807) is 24.3 Å². The summed E-state index contributed by atoms with van der Waals surface area (Å²) < 4.78 is 0. The van der Waals surface area contributed by atoms with Crippen molar-refractivity contribution in [2.24, 2.45) is 17.1 Å². The summed E-state index contributed by atoms with van der Waals surface area (Å²) in [6.07, 6.45) is 1.50. The van der Waals surface area contributed by atoms with E-state index in [9.17, 15) is 9.59 Å². The summed E-state index contributed by atoms with van der Waals surface area (Å²) in [7, 11) is 0. The van der Waals surface area contributed by atoms with Gasteiger partial charge in [0, 0.05) is 23.7 Å². The number of carbonyl (C=O) groups excluding carboxylic acids is 2. The predicted octanol–water partition coefficient (Wildman–Crippen LogP) is 2.68. The van der Waals surface area contributed by atoms with Crippen LogP contribution in [0.15, 0.2) is 24.3 Å². The van der Waals surface area contributed by atoms with E-state index in [4.69, 9.17) is 17.3 Å². The van der Waals surface area contributed by atoms with Crippen molar-refractivity contribution in [3.05, 3.63) is 34.9 Å². The van der Waals surface area contributed by atoms with E-state index in [0.717, 1.165) is 6.42 Å². The Labute approximate surface area is 154 Å². The van der Waals surface area contributed by atoms with E-state index in [0.29, 0.717) is 42.6 Å². The highest BCUT2D eigenvalue weighted by Gasteiger charge is 2.37. The number of nitrogens with one attached hydrogen (secondary N) is 1. The third kappa shape index (κ3) is 5.19. The van der Waals surface area contributed by atoms with Crippen molar-refractivity contribution in [3.63, 3.8) is 0 Å². The molecule has 6 heteroatoms. The summed E-state index contributed by atoms with van der Waals surface area (Å²) in [4.78, 5) is 27.3. The van der Waals surface area contributed by atoms with E-state index in [2.05, 4.69) is 12.2 Å². The van der Waals surface area contributed by atoms with E-state index in [1.165, 1.54) is 0 Å². The zero-order chi connectivity index (χ0) is 18.6. The van der Waals surface area contributed by atoms with Gasteiger partial charge in [0.05, 0.1) is 0 Å². The molecule has 1 aliphatic rings. The zero-order valence-corrected chi connectivity index (χ0v) is 16.0. The fraction of sp³-hybridized carbons (Fsp3) is 0.579. The molecular weight excluding hydrogens is 338 g/mol. The van der Waals surface area contributed by atoms with Crippen LogP contribution in [0.2, 0.25) is 5.02 Å². The van der Waals surface area contributed by atoms with Gasteiger partial charge in [-0.05, 0) is 55.0 Å². The van der Waals surface area contributed by atoms with Gasteiger partial charge < -0.3 is 16.0 Å².